The SMILES string of the molecule is CCN1CCC[C@@H]1NC(=O)OC(C)(C)C. The Labute approximate surface area is 92.0 Å². The lowest BCUT2D eigenvalue weighted by molar-refractivity contribution is 0.0451. The van der Waals surface area contributed by atoms with Gasteiger partial charge < -0.3 is 10.1 Å². The minimum Gasteiger partial charge on any atom is -0.444 e. The molecular formula is C11H22N2O2. The van der Waals surface area contributed by atoms with Crippen molar-refractivity contribution in [3.8, 4) is 0 Å². The van der Waals surface area contributed by atoms with Crippen molar-refractivity contribution < 1.29 is 9.53 Å². The molecule has 15 heavy (non-hydrogen) atoms. The maximum Gasteiger partial charge on any atom is 0.408 e. The van der Waals surface area contributed by atoms with Crippen molar-refractivity contribution in [1.82, 2.24) is 10.2 Å². The van der Waals surface area contributed by atoms with Crippen molar-refractivity contribution in [2.24, 2.45) is 0 Å². The third kappa shape index (κ3) is 4.08. The maximum absolute atomic E-state index is 11.5. The fourth-order valence-electron chi connectivity index (χ4n) is 1.81. The summed E-state index contributed by atoms with van der Waals surface area (Å²) in [5.41, 5.74) is -0.417. The van der Waals surface area contributed by atoms with E-state index in [1.165, 1.54) is 0 Å². The van der Waals surface area contributed by atoms with Gasteiger partial charge >= 0.3 is 6.09 Å². The summed E-state index contributed by atoms with van der Waals surface area (Å²) in [7, 11) is 0. The molecule has 1 amide bonds. The van der Waals surface area contributed by atoms with Crippen LogP contribution >= 0.6 is 0 Å². The molecule has 0 saturated carbocycles. The Balaban J connectivity index is 2.37. The van der Waals surface area contributed by atoms with Gasteiger partial charge in [0, 0.05) is 6.54 Å². The Kier molecular flexibility index (Phi) is 3.97. The third-order valence-electron chi connectivity index (χ3n) is 2.45. The number of amides is 1. The van der Waals surface area contributed by atoms with Crippen LogP contribution in [0.1, 0.15) is 40.5 Å². The molecule has 0 radical (unpaired) electrons. The van der Waals surface area contributed by atoms with Gasteiger partial charge in [-0.15, -0.1) is 0 Å². The van der Waals surface area contributed by atoms with Crippen LogP contribution in [0.2, 0.25) is 0 Å². The van der Waals surface area contributed by atoms with E-state index in [1.54, 1.807) is 0 Å². The predicted molar refractivity (Wildman–Crippen MR) is 59.6 cm³/mol. The lowest BCUT2D eigenvalue weighted by Gasteiger charge is -2.26. The van der Waals surface area contributed by atoms with E-state index in [-0.39, 0.29) is 12.3 Å². The number of hydrogen-bond donors (Lipinski definition) is 1. The van der Waals surface area contributed by atoms with E-state index in [2.05, 4.69) is 17.1 Å². The minimum absolute atomic E-state index is 0.157. The minimum atomic E-state index is -0.417. The van der Waals surface area contributed by atoms with Gasteiger partial charge in [-0.1, -0.05) is 6.92 Å². The number of nitrogens with zero attached hydrogens (tertiary/aromatic N) is 1. The normalized spacial score (nSPS) is 22.8. The highest BCUT2D eigenvalue weighted by Crippen LogP contribution is 2.15. The molecule has 1 aliphatic rings. The molecule has 4 nitrogen and oxygen atoms in total. The quantitative estimate of drug-likeness (QED) is 0.764. The molecule has 1 atom stereocenters. The maximum atomic E-state index is 11.5. The van der Waals surface area contributed by atoms with E-state index < -0.39 is 5.60 Å². The van der Waals surface area contributed by atoms with Gasteiger partial charge in [0.2, 0.25) is 0 Å². The summed E-state index contributed by atoms with van der Waals surface area (Å²) in [4.78, 5) is 13.8. The molecule has 0 aromatic rings. The van der Waals surface area contributed by atoms with Crippen LogP contribution in [0.25, 0.3) is 0 Å². The van der Waals surface area contributed by atoms with Crippen molar-refractivity contribution in [3.05, 3.63) is 0 Å². The first-order valence-electron chi connectivity index (χ1n) is 5.66. The summed E-state index contributed by atoms with van der Waals surface area (Å²) in [5.74, 6) is 0. The van der Waals surface area contributed by atoms with E-state index in [4.69, 9.17) is 4.74 Å². The summed E-state index contributed by atoms with van der Waals surface area (Å²) in [5, 5.41) is 2.90. The second kappa shape index (κ2) is 4.84. The Morgan fingerprint density at radius 2 is 2.20 bits per heavy atom. The van der Waals surface area contributed by atoms with Gasteiger partial charge in [-0.25, -0.2) is 4.79 Å². The Hall–Kier alpha value is -0.770. The zero-order valence-electron chi connectivity index (χ0n) is 10.2. The molecule has 0 aromatic carbocycles. The number of carbonyl (C=O) groups is 1. The topological polar surface area (TPSA) is 41.6 Å². The number of hydrogen-bond acceptors (Lipinski definition) is 3. The number of alkyl carbamates (subject to hydrolysis) is 1. The second-order valence-electron chi connectivity index (χ2n) is 4.93. The van der Waals surface area contributed by atoms with Crippen LogP contribution in [0, 0.1) is 0 Å². The molecule has 88 valence electrons. The Bertz CT molecular complexity index is 223. The number of likely N-dealkylation sites (tertiary alicyclic amines) is 1. The molecule has 1 N–H and O–H groups in total. The van der Waals surface area contributed by atoms with Gasteiger partial charge in [-0.2, -0.15) is 0 Å². The zero-order valence-corrected chi connectivity index (χ0v) is 10.2. The van der Waals surface area contributed by atoms with Gasteiger partial charge in [0.05, 0.1) is 6.17 Å². The van der Waals surface area contributed by atoms with Gasteiger partial charge in [0.1, 0.15) is 5.60 Å². The molecular weight excluding hydrogens is 192 g/mol. The van der Waals surface area contributed by atoms with E-state index in [9.17, 15) is 4.79 Å². The highest BCUT2D eigenvalue weighted by Gasteiger charge is 2.26. The van der Waals surface area contributed by atoms with Crippen LogP contribution in [0.5, 0.6) is 0 Å². The lowest BCUT2D eigenvalue weighted by atomic mass is 10.2. The Morgan fingerprint density at radius 3 is 2.73 bits per heavy atom. The number of ether oxygens (including phenoxy) is 1. The molecule has 0 spiro atoms. The predicted octanol–water partition coefficient (Wildman–Crippen LogP) is 1.95. The van der Waals surface area contributed by atoms with E-state index in [0.29, 0.717) is 0 Å². The lowest BCUT2D eigenvalue weighted by Crippen LogP contribution is -2.46. The summed E-state index contributed by atoms with van der Waals surface area (Å²) in [6, 6.07) is 0. The van der Waals surface area contributed by atoms with Crippen molar-refractivity contribution >= 4 is 6.09 Å². The van der Waals surface area contributed by atoms with Crippen LogP contribution in [-0.4, -0.2) is 35.8 Å². The molecule has 1 rings (SSSR count). The van der Waals surface area contributed by atoms with Crippen LogP contribution in [0.3, 0.4) is 0 Å². The first-order chi connectivity index (χ1) is 6.92. The van der Waals surface area contributed by atoms with Crippen LogP contribution in [0.15, 0.2) is 0 Å². The number of nitrogens with one attached hydrogen (secondary N) is 1. The smallest absolute Gasteiger partial charge is 0.408 e. The van der Waals surface area contributed by atoms with E-state index in [1.807, 2.05) is 20.8 Å². The fourth-order valence-corrected chi connectivity index (χ4v) is 1.81. The summed E-state index contributed by atoms with van der Waals surface area (Å²) in [6.07, 6.45) is 2.01. The van der Waals surface area contributed by atoms with Crippen molar-refractivity contribution in [1.29, 1.82) is 0 Å². The fraction of sp³-hybridized carbons (Fsp3) is 0.909. The van der Waals surface area contributed by atoms with Gasteiger partial charge in [0.25, 0.3) is 0 Å². The molecule has 1 heterocycles. The zero-order chi connectivity index (χ0) is 11.5. The van der Waals surface area contributed by atoms with Crippen molar-refractivity contribution in [2.45, 2.75) is 52.3 Å². The molecule has 4 heteroatoms. The highest BCUT2D eigenvalue weighted by atomic mass is 16.6. The average Bonchev–Trinajstić information content (AvgIpc) is 2.48. The molecule has 0 unspecified atom stereocenters. The van der Waals surface area contributed by atoms with Crippen LogP contribution < -0.4 is 5.32 Å². The van der Waals surface area contributed by atoms with E-state index >= 15 is 0 Å². The summed E-state index contributed by atoms with van der Waals surface area (Å²) >= 11 is 0. The standard InChI is InChI=1S/C11H22N2O2/c1-5-13-8-6-7-9(13)12-10(14)15-11(2,3)4/h9H,5-8H2,1-4H3,(H,12,14)/t9-/m1/s1. The second-order valence-corrected chi connectivity index (χ2v) is 4.93. The third-order valence-corrected chi connectivity index (χ3v) is 2.45. The van der Waals surface area contributed by atoms with Crippen LogP contribution in [-0.2, 0) is 4.74 Å². The molecule has 0 aromatic heterocycles. The van der Waals surface area contributed by atoms with Gasteiger partial charge in [-0.05, 0) is 40.2 Å². The largest absolute Gasteiger partial charge is 0.444 e. The highest BCUT2D eigenvalue weighted by molar-refractivity contribution is 5.68. The molecule has 1 saturated heterocycles. The summed E-state index contributed by atoms with van der Waals surface area (Å²) < 4.78 is 5.22. The first kappa shape index (κ1) is 12.3. The van der Waals surface area contributed by atoms with Crippen LogP contribution in [0.4, 0.5) is 4.79 Å². The number of rotatable bonds is 2. The molecule has 0 bridgehead atoms. The van der Waals surface area contributed by atoms with Crippen molar-refractivity contribution in [2.75, 3.05) is 13.1 Å². The van der Waals surface area contributed by atoms with Gasteiger partial charge in [-0.3, -0.25) is 4.90 Å². The Morgan fingerprint density at radius 1 is 1.53 bits per heavy atom. The first-order valence-corrected chi connectivity index (χ1v) is 5.66. The summed E-state index contributed by atoms with van der Waals surface area (Å²) in [6.45, 7) is 9.77. The molecule has 1 fully saturated rings. The number of carbonyl (C=O) groups excluding carboxylic acids is 1. The van der Waals surface area contributed by atoms with E-state index in [0.717, 1.165) is 25.9 Å². The monoisotopic (exact) mass is 214 g/mol. The average molecular weight is 214 g/mol. The van der Waals surface area contributed by atoms with Crippen molar-refractivity contribution in [3.63, 3.8) is 0 Å². The molecule has 0 aliphatic carbocycles. The molecule has 1 aliphatic heterocycles. The van der Waals surface area contributed by atoms with Gasteiger partial charge in [0.15, 0.2) is 0 Å².